The van der Waals surface area contributed by atoms with Gasteiger partial charge in [-0.3, -0.25) is 0 Å². The van der Waals surface area contributed by atoms with Gasteiger partial charge >= 0.3 is 0 Å². The second kappa shape index (κ2) is 5.07. The first-order valence-corrected chi connectivity index (χ1v) is 6.53. The average Bonchev–Trinajstić information content (AvgIpc) is 3.08. The maximum absolute atomic E-state index is 9.04. The van der Waals surface area contributed by atoms with E-state index in [1.165, 1.54) is 12.8 Å². The van der Waals surface area contributed by atoms with E-state index in [4.69, 9.17) is 10.4 Å². The predicted octanol–water partition coefficient (Wildman–Crippen LogP) is 2.90. The van der Waals surface area contributed by atoms with Crippen molar-refractivity contribution in [3.63, 3.8) is 0 Å². The van der Waals surface area contributed by atoms with Crippen molar-refractivity contribution in [1.29, 1.82) is 5.26 Å². The Hall–Kier alpha value is -1.05. The van der Waals surface area contributed by atoms with Crippen molar-refractivity contribution in [3.05, 3.63) is 28.2 Å². The van der Waals surface area contributed by atoms with Gasteiger partial charge in [-0.15, -0.1) is 0 Å². The molecule has 0 atom stereocenters. The van der Waals surface area contributed by atoms with E-state index < -0.39 is 0 Å². The van der Waals surface area contributed by atoms with Crippen molar-refractivity contribution in [2.45, 2.75) is 19.3 Å². The Morgan fingerprint density at radius 1 is 1.47 bits per heavy atom. The number of hydrogen-bond acceptors (Lipinski definition) is 3. The summed E-state index contributed by atoms with van der Waals surface area (Å²) in [7, 11) is 0. The van der Waals surface area contributed by atoms with Crippen LogP contribution in [-0.2, 0) is 0 Å². The van der Waals surface area contributed by atoms with Crippen molar-refractivity contribution < 1.29 is 5.11 Å². The van der Waals surface area contributed by atoms with Gasteiger partial charge in [0.25, 0.3) is 0 Å². The molecule has 17 heavy (non-hydrogen) atoms. The molecule has 4 heteroatoms. The quantitative estimate of drug-likeness (QED) is 0.878. The van der Waals surface area contributed by atoms with E-state index in [2.05, 4.69) is 27.3 Å². The Kier molecular flexibility index (Phi) is 3.70. The number of anilines is 1. The number of benzene rings is 1. The predicted molar refractivity (Wildman–Crippen MR) is 70.7 cm³/mol. The Balaban J connectivity index is 2.02. The van der Waals surface area contributed by atoms with E-state index >= 15 is 0 Å². The fourth-order valence-electron chi connectivity index (χ4n) is 1.97. The van der Waals surface area contributed by atoms with Crippen molar-refractivity contribution in [2.75, 3.05) is 18.5 Å². The highest BCUT2D eigenvalue weighted by Crippen LogP contribution is 2.48. The molecule has 1 fully saturated rings. The van der Waals surface area contributed by atoms with Gasteiger partial charge in [-0.05, 0) is 42.9 Å². The normalized spacial score (nSPS) is 16.3. The van der Waals surface area contributed by atoms with E-state index in [-0.39, 0.29) is 12.0 Å². The largest absolute Gasteiger partial charge is 0.396 e. The number of aliphatic hydroxyl groups is 1. The second-order valence-electron chi connectivity index (χ2n) is 4.63. The van der Waals surface area contributed by atoms with Crippen LogP contribution in [0.3, 0.4) is 0 Å². The number of nitrogens with one attached hydrogen (secondary N) is 1. The van der Waals surface area contributed by atoms with E-state index in [9.17, 15) is 0 Å². The molecule has 0 radical (unpaired) electrons. The maximum Gasteiger partial charge on any atom is 0.101 e. The van der Waals surface area contributed by atoms with Gasteiger partial charge < -0.3 is 10.4 Å². The van der Waals surface area contributed by atoms with Crippen LogP contribution >= 0.6 is 15.9 Å². The Morgan fingerprint density at radius 2 is 2.24 bits per heavy atom. The molecule has 1 saturated carbocycles. The van der Waals surface area contributed by atoms with Crippen molar-refractivity contribution >= 4 is 21.6 Å². The monoisotopic (exact) mass is 294 g/mol. The van der Waals surface area contributed by atoms with Crippen LogP contribution in [0.25, 0.3) is 0 Å². The van der Waals surface area contributed by atoms with Crippen LogP contribution in [-0.4, -0.2) is 18.3 Å². The van der Waals surface area contributed by atoms with E-state index in [1.54, 1.807) is 0 Å². The summed E-state index contributed by atoms with van der Waals surface area (Å²) in [6, 6.07) is 7.84. The highest BCUT2D eigenvalue weighted by Gasteiger charge is 2.41. The minimum Gasteiger partial charge on any atom is -0.396 e. The van der Waals surface area contributed by atoms with Gasteiger partial charge in [0.2, 0.25) is 0 Å². The SMILES string of the molecule is N#Cc1cc(Br)ccc1NCC1(CCO)CC1. The number of nitrogens with zero attached hydrogens (tertiary/aromatic N) is 1. The summed E-state index contributed by atoms with van der Waals surface area (Å²) < 4.78 is 0.913. The third kappa shape index (κ3) is 2.99. The first-order valence-electron chi connectivity index (χ1n) is 5.73. The lowest BCUT2D eigenvalue weighted by Gasteiger charge is -2.16. The molecule has 0 unspecified atom stereocenters. The molecule has 2 rings (SSSR count). The molecule has 1 aromatic carbocycles. The molecule has 0 bridgehead atoms. The molecule has 1 aliphatic rings. The van der Waals surface area contributed by atoms with Crippen LogP contribution in [0.4, 0.5) is 5.69 Å². The molecule has 3 nitrogen and oxygen atoms in total. The Labute approximate surface area is 110 Å². The molecule has 0 heterocycles. The third-order valence-electron chi connectivity index (χ3n) is 3.36. The van der Waals surface area contributed by atoms with Crippen molar-refractivity contribution in [1.82, 2.24) is 0 Å². The first kappa shape index (κ1) is 12.4. The lowest BCUT2D eigenvalue weighted by Crippen LogP contribution is -2.17. The number of rotatable bonds is 5. The van der Waals surface area contributed by atoms with E-state index in [0.29, 0.717) is 5.56 Å². The van der Waals surface area contributed by atoms with E-state index in [0.717, 1.165) is 23.1 Å². The zero-order valence-corrected chi connectivity index (χ0v) is 11.1. The fraction of sp³-hybridized carbons (Fsp3) is 0.462. The fourth-order valence-corrected chi connectivity index (χ4v) is 2.34. The molecule has 0 aromatic heterocycles. The minimum absolute atomic E-state index is 0.243. The summed E-state index contributed by atoms with van der Waals surface area (Å²) in [5.74, 6) is 0. The first-order chi connectivity index (χ1) is 8.19. The zero-order chi connectivity index (χ0) is 12.3. The van der Waals surface area contributed by atoms with Crippen molar-refractivity contribution in [2.24, 2.45) is 5.41 Å². The van der Waals surface area contributed by atoms with Gasteiger partial charge in [0, 0.05) is 17.6 Å². The summed E-state index contributed by atoms with van der Waals surface area (Å²) in [5, 5.41) is 21.4. The van der Waals surface area contributed by atoms with Crippen LogP contribution in [0.1, 0.15) is 24.8 Å². The van der Waals surface area contributed by atoms with Gasteiger partial charge in [-0.25, -0.2) is 0 Å². The summed E-state index contributed by atoms with van der Waals surface area (Å²) >= 11 is 3.35. The minimum atomic E-state index is 0.243. The zero-order valence-electron chi connectivity index (χ0n) is 9.54. The van der Waals surface area contributed by atoms with Crippen molar-refractivity contribution in [3.8, 4) is 6.07 Å². The van der Waals surface area contributed by atoms with Gasteiger partial charge in [0.05, 0.1) is 11.3 Å². The molecule has 0 amide bonds. The summed E-state index contributed by atoms with van der Waals surface area (Å²) in [6.07, 6.45) is 3.18. The maximum atomic E-state index is 9.04. The molecule has 1 aromatic rings. The molecule has 90 valence electrons. The number of halogens is 1. The van der Waals surface area contributed by atoms with Crippen LogP contribution < -0.4 is 5.32 Å². The summed E-state index contributed by atoms with van der Waals surface area (Å²) in [4.78, 5) is 0. The lowest BCUT2D eigenvalue weighted by atomic mass is 10.0. The smallest absolute Gasteiger partial charge is 0.101 e. The molecule has 0 saturated heterocycles. The van der Waals surface area contributed by atoms with Crippen LogP contribution in [0.2, 0.25) is 0 Å². The number of nitriles is 1. The van der Waals surface area contributed by atoms with Gasteiger partial charge in [0.15, 0.2) is 0 Å². The van der Waals surface area contributed by atoms with Gasteiger partial charge in [0.1, 0.15) is 6.07 Å². The number of hydrogen-bond donors (Lipinski definition) is 2. The molecular weight excluding hydrogens is 280 g/mol. The standard InChI is InChI=1S/C13H15BrN2O/c14-11-1-2-12(10(7-11)8-15)16-9-13(3-4-13)5-6-17/h1-2,7,16-17H,3-6,9H2. The molecule has 2 N–H and O–H groups in total. The highest BCUT2D eigenvalue weighted by atomic mass is 79.9. The Morgan fingerprint density at radius 3 is 2.82 bits per heavy atom. The van der Waals surface area contributed by atoms with Crippen LogP contribution in [0.5, 0.6) is 0 Å². The lowest BCUT2D eigenvalue weighted by molar-refractivity contribution is 0.253. The third-order valence-corrected chi connectivity index (χ3v) is 3.85. The second-order valence-corrected chi connectivity index (χ2v) is 5.54. The summed E-state index contributed by atoms with van der Waals surface area (Å²) in [6.45, 7) is 1.08. The van der Waals surface area contributed by atoms with Gasteiger partial charge in [-0.2, -0.15) is 5.26 Å². The molecule has 1 aliphatic carbocycles. The molecule has 0 spiro atoms. The average molecular weight is 295 g/mol. The molecule has 0 aliphatic heterocycles. The van der Waals surface area contributed by atoms with Gasteiger partial charge in [-0.1, -0.05) is 15.9 Å². The summed E-state index contributed by atoms with van der Waals surface area (Å²) in [5.41, 5.74) is 1.79. The highest BCUT2D eigenvalue weighted by molar-refractivity contribution is 9.10. The topological polar surface area (TPSA) is 56.0 Å². The number of aliphatic hydroxyl groups excluding tert-OH is 1. The van der Waals surface area contributed by atoms with Crippen LogP contribution in [0.15, 0.2) is 22.7 Å². The Bertz CT molecular complexity index is 449. The molecular formula is C13H15BrN2O. The van der Waals surface area contributed by atoms with E-state index in [1.807, 2.05) is 18.2 Å². The van der Waals surface area contributed by atoms with Crippen LogP contribution in [0, 0.1) is 16.7 Å².